The number of nitrogen functional groups attached to an aromatic ring is 1. The van der Waals surface area contributed by atoms with E-state index in [-0.39, 0.29) is 39.9 Å². The van der Waals surface area contributed by atoms with Crippen LogP contribution in [0.4, 0.5) is 15.0 Å². The number of rotatable bonds is 3. The van der Waals surface area contributed by atoms with E-state index < -0.39 is 23.3 Å². The van der Waals surface area contributed by atoms with Crippen LogP contribution in [-0.2, 0) is 4.74 Å². The van der Waals surface area contributed by atoms with Crippen LogP contribution in [0.2, 0.25) is 0 Å². The summed E-state index contributed by atoms with van der Waals surface area (Å²) >= 11 is 0. The van der Waals surface area contributed by atoms with E-state index in [0.29, 0.717) is 31.6 Å². The fraction of sp³-hybridized carbons (Fsp3) is 0.391. The van der Waals surface area contributed by atoms with Gasteiger partial charge in [0, 0.05) is 19.2 Å². The van der Waals surface area contributed by atoms with Gasteiger partial charge in [0.2, 0.25) is 0 Å². The highest BCUT2D eigenvalue weighted by Crippen LogP contribution is 2.30. The van der Waals surface area contributed by atoms with Crippen molar-refractivity contribution in [2.75, 3.05) is 18.8 Å². The van der Waals surface area contributed by atoms with Gasteiger partial charge in [0.1, 0.15) is 29.1 Å². The minimum atomic E-state index is -0.633. The van der Waals surface area contributed by atoms with Gasteiger partial charge in [-0.25, -0.2) is 28.8 Å². The van der Waals surface area contributed by atoms with Gasteiger partial charge in [0.25, 0.3) is 11.7 Å². The van der Waals surface area contributed by atoms with Gasteiger partial charge in [-0.05, 0) is 45.7 Å². The lowest BCUT2D eigenvalue weighted by Gasteiger charge is -2.34. The molecule has 0 aliphatic carbocycles. The minimum Gasteiger partial charge on any atom is -0.444 e. The maximum Gasteiger partial charge on any atom is 0.410 e. The number of hydrogen-bond acceptors (Lipinski definition) is 9. The Morgan fingerprint density at radius 3 is 2.83 bits per heavy atom. The summed E-state index contributed by atoms with van der Waals surface area (Å²) in [5.74, 6) is -1.30. The molecule has 11 nitrogen and oxygen atoms in total. The fourth-order valence-corrected chi connectivity index (χ4v) is 4.15. The standard InChI is InChI=1S/C23H24FN7O4/c1-23(2,3)35-22(33)30-8-4-5-13(10-30)31-20-16(19(25)26-11-27-20)17(29-31)18(32)21-28-14-9-12(24)6-7-15(14)34-21/h6-7,9,11,13H,4-5,8,10H2,1-3H3,(H2,25,26,27)/t13-/m1/s1. The van der Waals surface area contributed by atoms with E-state index in [1.54, 1.807) is 9.58 Å². The van der Waals surface area contributed by atoms with Crippen molar-refractivity contribution in [3.05, 3.63) is 41.9 Å². The number of likely N-dealkylation sites (tertiary alicyclic amines) is 1. The Morgan fingerprint density at radius 2 is 2.06 bits per heavy atom. The van der Waals surface area contributed by atoms with E-state index in [1.807, 2.05) is 20.8 Å². The zero-order chi connectivity index (χ0) is 24.9. The molecule has 1 amide bonds. The van der Waals surface area contributed by atoms with E-state index in [4.69, 9.17) is 14.9 Å². The second-order valence-electron chi connectivity index (χ2n) is 9.43. The van der Waals surface area contributed by atoms with E-state index in [9.17, 15) is 14.0 Å². The van der Waals surface area contributed by atoms with Crippen molar-refractivity contribution in [3.63, 3.8) is 0 Å². The number of aromatic nitrogens is 5. The molecule has 1 aromatic carbocycles. The number of piperidine rings is 1. The van der Waals surface area contributed by atoms with E-state index in [1.165, 1.54) is 24.5 Å². The maximum absolute atomic E-state index is 13.6. The molecule has 0 saturated carbocycles. The highest BCUT2D eigenvalue weighted by atomic mass is 19.1. The van der Waals surface area contributed by atoms with Crippen molar-refractivity contribution >= 4 is 39.8 Å². The summed E-state index contributed by atoms with van der Waals surface area (Å²) in [7, 11) is 0. The van der Waals surface area contributed by atoms with Crippen LogP contribution in [-0.4, -0.2) is 60.2 Å². The lowest BCUT2D eigenvalue weighted by atomic mass is 10.1. The SMILES string of the molecule is CC(C)(C)OC(=O)N1CCC[C@@H](n2nc(C(=O)c3nc4cc(F)ccc4o3)c3c(N)ncnc32)C1. The Morgan fingerprint density at radius 1 is 1.26 bits per heavy atom. The summed E-state index contributed by atoms with van der Waals surface area (Å²) < 4.78 is 26.2. The monoisotopic (exact) mass is 481 g/mol. The predicted octanol–water partition coefficient (Wildman–Crippen LogP) is 3.49. The van der Waals surface area contributed by atoms with Crippen molar-refractivity contribution in [1.29, 1.82) is 0 Å². The Balaban J connectivity index is 1.52. The van der Waals surface area contributed by atoms with Crippen LogP contribution in [0.15, 0.2) is 28.9 Å². The summed E-state index contributed by atoms with van der Waals surface area (Å²) in [4.78, 5) is 40.1. The molecule has 1 aliphatic rings. The average Bonchev–Trinajstić information content (AvgIpc) is 3.40. The van der Waals surface area contributed by atoms with Crippen molar-refractivity contribution in [2.24, 2.45) is 0 Å². The van der Waals surface area contributed by atoms with Crippen molar-refractivity contribution in [1.82, 2.24) is 29.6 Å². The van der Waals surface area contributed by atoms with Crippen LogP contribution >= 0.6 is 0 Å². The third-order valence-corrected chi connectivity index (χ3v) is 5.67. The normalized spacial score (nSPS) is 16.7. The molecule has 12 heteroatoms. The molecule has 3 aromatic heterocycles. The van der Waals surface area contributed by atoms with Gasteiger partial charge < -0.3 is 19.8 Å². The zero-order valence-electron chi connectivity index (χ0n) is 19.5. The fourth-order valence-electron chi connectivity index (χ4n) is 4.15. The van der Waals surface area contributed by atoms with Crippen LogP contribution in [0.3, 0.4) is 0 Å². The third kappa shape index (κ3) is 4.27. The molecule has 0 unspecified atom stereocenters. The molecule has 5 rings (SSSR count). The first-order valence-electron chi connectivity index (χ1n) is 11.2. The Bertz CT molecular complexity index is 1460. The number of fused-ring (bicyclic) bond motifs is 2. The number of hydrogen-bond donors (Lipinski definition) is 1. The van der Waals surface area contributed by atoms with E-state index >= 15 is 0 Å². The van der Waals surface area contributed by atoms with E-state index in [2.05, 4.69) is 20.1 Å². The number of anilines is 1. The number of nitrogens with two attached hydrogens (primary N) is 1. The van der Waals surface area contributed by atoms with Gasteiger partial charge in [-0.1, -0.05) is 0 Å². The molecule has 0 radical (unpaired) electrons. The molecule has 1 saturated heterocycles. The Labute approximate surface area is 199 Å². The molecule has 0 spiro atoms. The predicted molar refractivity (Wildman–Crippen MR) is 123 cm³/mol. The Kier molecular flexibility index (Phi) is 5.37. The summed E-state index contributed by atoms with van der Waals surface area (Å²) in [6.07, 6.45) is 2.30. The van der Waals surface area contributed by atoms with Gasteiger partial charge in [0.05, 0.1) is 11.4 Å². The molecule has 4 aromatic rings. The molecule has 182 valence electrons. The molecule has 1 fully saturated rings. The van der Waals surface area contributed by atoms with E-state index in [0.717, 1.165) is 0 Å². The summed E-state index contributed by atoms with van der Waals surface area (Å²) in [5.41, 5.74) is 6.30. The minimum absolute atomic E-state index is 0.0282. The van der Waals surface area contributed by atoms with Crippen LogP contribution in [0.1, 0.15) is 56.0 Å². The summed E-state index contributed by atoms with van der Waals surface area (Å²) in [5, 5.41) is 4.80. The highest BCUT2D eigenvalue weighted by Gasteiger charge is 2.33. The number of ketones is 1. The lowest BCUT2D eigenvalue weighted by molar-refractivity contribution is 0.0168. The topological polar surface area (TPSA) is 142 Å². The van der Waals surface area contributed by atoms with Gasteiger partial charge in [-0.3, -0.25) is 4.79 Å². The first kappa shape index (κ1) is 22.7. The second-order valence-corrected chi connectivity index (χ2v) is 9.43. The van der Waals surface area contributed by atoms with Gasteiger partial charge in [0.15, 0.2) is 16.9 Å². The quantitative estimate of drug-likeness (QED) is 0.435. The van der Waals surface area contributed by atoms with Gasteiger partial charge in [-0.15, -0.1) is 0 Å². The molecule has 1 aliphatic heterocycles. The number of carbonyl (C=O) groups excluding carboxylic acids is 2. The van der Waals surface area contributed by atoms with Crippen LogP contribution in [0.25, 0.3) is 22.1 Å². The smallest absolute Gasteiger partial charge is 0.410 e. The summed E-state index contributed by atoms with van der Waals surface area (Å²) in [6.45, 7) is 6.31. The summed E-state index contributed by atoms with van der Waals surface area (Å²) in [6, 6.07) is 3.52. The maximum atomic E-state index is 13.6. The molecule has 2 N–H and O–H groups in total. The molecule has 0 bridgehead atoms. The number of ether oxygens (including phenoxy) is 1. The number of nitrogens with zero attached hydrogens (tertiary/aromatic N) is 6. The second kappa shape index (κ2) is 8.29. The number of amides is 1. The number of halogens is 1. The Hall–Kier alpha value is -4.09. The number of benzene rings is 1. The van der Waals surface area contributed by atoms with Crippen molar-refractivity contribution < 1.29 is 23.1 Å². The van der Waals surface area contributed by atoms with Crippen LogP contribution in [0, 0.1) is 5.82 Å². The molecular weight excluding hydrogens is 457 g/mol. The molecule has 1 atom stereocenters. The van der Waals surface area contributed by atoms with Crippen LogP contribution in [0.5, 0.6) is 0 Å². The molecule has 4 heterocycles. The lowest BCUT2D eigenvalue weighted by Crippen LogP contribution is -2.43. The zero-order valence-corrected chi connectivity index (χ0v) is 19.5. The van der Waals surface area contributed by atoms with Gasteiger partial charge in [-0.2, -0.15) is 5.10 Å². The largest absolute Gasteiger partial charge is 0.444 e. The van der Waals surface area contributed by atoms with Crippen molar-refractivity contribution in [3.8, 4) is 0 Å². The van der Waals surface area contributed by atoms with Gasteiger partial charge >= 0.3 is 6.09 Å². The first-order valence-corrected chi connectivity index (χ1v) is 11.2. The number of carbonyl (C=O) groups is 2. The number of oxazole rings is 1. The first-order chi connectivity index (χ1) is 16.6. The molecule has 35 heavy (non-hydrogen) atoms. The van der Waals surface area contributed by atoms with Crippen molar-refractivity contribution in [2.45, 2.75) is 45.3 Å². The average molecular weight is 481 g/mol. The highest BCUT2D eigenvalue weighted by molar-refractivity contribution is 6.15. The molecular formula is C23H24FN7O4. The third-order valence-electron chi connectivity index (χ3n) is 5.67. The van der Waals surface area contributed by atoms with Crippen LogP contribution < -0.4 is 5.73 Å².